The van der Waals surface area contributed by atoms with Gasteiger partial charge in [0.15, 0.2) is 0 Å². The van der Waals surface area contributed by atoms with Crippen LogP contribution in [-0.4, -0.2) is 22.5 Å². The summed E-state index contributed by atoms with van der Waals surface area (Å²) in [7, 11) is 0. The van der Waals surface area contributed by atoms with Crippen LogP contribution in [0, 0.1) is 0 Å². The molecule has 0 saturated heterocycles. The second-order valence-electron chi connectivity index (χ2n) is 8.45. The van der Waals surface area contributed by atoms with E-state index in [0.717, 1.165) is 32.3 Å². The first-order valence-electron chi connectivity index (χ1n) is 11.2. The highest BCUT2D eigenvalue weighted by Gasteiger charge is 2.22. The van der Waals surface area contributed by atoms with Gasteiger partial charge in [0, 0.05) is 11.1 Å². The Balaban J connectivity index is 1.80. The molecule has 174 valence electrons. The molecule has 0 heterocycles. The zero-order chi connectivity index (χ0) is 24.8. The van der Waals surface area contributed by atoms with Gasteiger partial charge in [-0.1, -0.05) is 60.7 Å². The monoisotopic (exact) mass is 474 g/mol. The Bertz CT molecular complexity index is 1720. The molecule has 0 bridgehead atoms. The molecule has 0 aliphatic carbocycles. The van der Waals surface area contributed by atoms with Crippen LogP contribution in [0.4, 0.5) is 9.59 Å². The Morgan fingerprint density at radius 1 is 0.472 bits per heavy atom. The summed E-state index contributed by atoms with van der Waals surface area (Å²) in [6, 6.07) is 30.4. The van der Waals surface area contributed by atoms with Crippen molar-refractivity contribution in [2.75, 3.05) is 0 Å². The molecular formula is C30H18O6. The van der Waals surface area contributed by atoms with Crippen LogP contribution in [0.3, 0.4) is 0 Å². The summed E-state index contributed by atoms with van der Waals surface area (Å²) >= 11 is 0. The summed E-state index contributed by atoms with van der Waals surface area (Å²) in [6.45, 7) is 0. The minimum atomic E-state index is -1.47. The molecule has 6 heteroatoms. The summed E-state index contributed by atoms with van der Waals surface area (Å²) in [4.78, 5) is 23.3. The van der Waals surface area contributed by atoms with Crippen LogP contribution in [0.1, 0.15) is 0 Å². The predicted molar refractivity (Wildman–Crippen MR) is 139 cm³/mol. The van der Waals surface area contributed by atoms with Crippen LogP contribution in [0.2, 0.25) is 0 Å². The number of carboxylic acid groups (broad SMARTS) is 2. The largest absolute Gasteiger partial charge is 0.511 e. The lowest BCUT2D eigenvalue weighted by Crippen LogP contribution is -2.07. The third-order valence-corrected chi connectivity index (χ3v) is 6.34. The Morgan fingerprint density at radius 2 is 0.833 bits per heavy atom. The van der Waals surface area contributed by atoms with Crippen LogP contribution < -0.4 is 9.47 Å². The molecule has 0 unspecified atom stereocenters. The van der Waals surface area contributed by atoms with E-state index in [0.29, 0.717) is 21.9 Å². The van der Waals surface area contributed by atoms with Crippen molar-refractivity contribution in [2.24, 2.45) is 0 Å². The average Bonchev–Trinajstić information content (AvgIpc) is 2.86. The van der Waals surface area contributed by atoms with Crippen molar-refractivity contribution in [3.63, 3.8) is 0 Å². The van der Waals surface area contributed by atoms with E-state index in [-0.39, 0.29) is 11.5 Å². The number of benzene rings is 6. The van der Waals surface area contributed by atoms with Crippen molar-refractivity contribution in [3.8, 4) is 22.6 Å². The lowest BCUT2D eigenvalue weighted by atomic mass is 9.90. The van der Waals surface area contributed by atoms with Gasteiger partial charge in [-0.25, -0.2) is 9.59 Å². The fourth-order valence-corrected chi connectivity index (χ4v) is 4.86. The molecule has 0 aliphatic heterocycles. The van der Waals surface area contributed by atoms with Gasteiger partial charge < -0.3 is 19.7 Å². The molecular weight excluding hydrogens is 456 g/mol. The molecule has 0 fully saturated rings. The number of fused-ring (bicyclic) bond motifs is 4. The fourth-order valence-electron chi connectivity index (χ4n) is 4.86. The molecule has 6 nitrogen and oxygen atoms in total. The Hall–Kier alpha value is -5.10. The molecule has 0 saturated carbocycles. The maximum absolute atomic E-state index is 11.7. The summed E-state index contributed by atoms with van der Waals surface area (Å²) in [5.74, 6) is 0.169. The van der Waals surface area contributed by atoms with Crippen LogP contribution in [0.25, 0.3) is 54.2 Å². The second kappa shape index (κ2) is 8.29. The minimum Gasteiger partial charge on any atom is -0.449 e. The summed E-state index contributed by atoms with van der Waals surface area (Å²) in [6.07, 6.45) is -2.94. The first kappa shape index (κ1) is 21.4. The van der Waals surface area contributed by atoms with Crippen LogP contribution >= 0.6 is 0 Å². The van der Waals surface area contributed by atoms with E-state index in [1.165, 1.54) is 0 Å². The number of hydrogen-bond donors (Lipinski definition) is 2. The fraction of sp³-hybridized carbons (Fsp3) is 0. The summed E-state index contributed by atoms with van der Waals surface area (Å²) in [5, 5.41) is 26.1. The highest BCUT2D eigenvalue weighted by Crippen LogP contribution is 2.47. The highest BCUT2D eigenvalue weighted by atomic mass is 16.7. The highest BCUT2D eigenvalue weighted by molar-refractivity contribution is 6.15. The molecule has 36 heavy (non-hydrogen) atoms. The Labute approximate surface area is 204 Å². The van der Waals surface area contributed by atoms with Crippen LogP contribution in [-0.2, 0) is 0 Å². The smallest absolute Gasteiger partial charge is 0.449 e. The molecule has 0 aromatic heterocycles. The van der Waals surface area contributed by atoms with E-state index in [2.05, 4.69) is 0 Å². The normalized spacial score (nSPS) is 11.2. The van der Waals surface area contributed by atoms with Gasteiger partial charge in [0.05, 0.1) is 0 Å². The molecule has 6 rings (SSSR count). The van der Waals surface area contributed by atoms with Gasteiger partial charge in [0.2, 0.25) is 0 Å². The molecule has 0 spiro atoms. The first-order chi connectivity index (χ1) is 17.5. The van der Waals surface area contributed by atoms with Crippen molar-refractivity contribution >= 4 is 55.4 Å². The van der Waals surface area contributed by atoms with E-state index in [4.69, 9.17) is 9.47 Å². The molecule has 6 aromatic rings. The number of rotatable bonds is 3. The maximum Gasteiger partial charge on any atom is 0.511 e. The minimum absolute atomic E-state index is 0.0844. The van der Waals surface area contributed by atoms with Crippen molar-refractivity contribution in [1.29, 1.82) is 0 Å². The van der Waals surface area contributed by atoms with Gasteiger partial charge in [-0.3, -0.25) is 0 Å². The van der Waals surface area contributed by atoms with E-state index in [9.17, 15) is 19.8 Å². The summed E-state index contributed by atoms with van der Waals surface area (Å²) in [5.41, 5.74) is 0.885. The standard InChI is InChI=1S/C30H18O6/c31-29(32)35-25-11-9-21-13-17-5-1-3-7-19(17)15-23(21)27(25)28-24-16-20-8-4-2-6-18(20)14-22(24)10-12-26(28)36-30(33)34/h1-16H,(H,31,32)(H,33,34). The number of ether oxygens (including phenoxy) is 2. The molecule has 6 aromatic carbocycles. The van der Waals surface area contributed by atoms with E-state index >= 15 is 0 Å². The van der Waals surface area contributed by atoms with E-state index in [1.54, 1.807) is 24.3 Å². The van der Waals surface area contributed by atoms with Gasteiger partial charge in [-0.2, -0.15) is 0 Å². The van der Waals surface area contributed by atoms with Gasteiger partial charge in [0.25, 0.3) is 0 Å². The van der Waals surface area contributed by atoms with Gasteiger partial charge in [-0.05, 0) is 79.5 Å². The lowest BCUT2D eigenvalue weighted by Gasteiger charge is -2.18. The van der Waals surface area contributed by atoms with Crippen LogP contribution in [0.15, 0.2) is 97.1 Å². The SMILES string of the molecule is O=C(O)Oc1ccc2cc3ccccc3cc2c1-c1c(OC(=O)O)ccc2cc3ccccc3cc12. The van der Waals surface area contributed by atoms with Crippen molar-refractivity contribution < 1.29 is 29.3 Å². The quantitative estimate of drug-likeness (QED) is 0.153. The zero-order valence-corrected chi connectivity index (χ0v) is 18.8. The third-order valence-electron chi connectivity index (χ3n) is 6.34. The van der Waals surface area contributed by atoms with Gasteiger partial charge >= 0.3 is 12.3 Å². The number of hydrogen-bond acceptors (Lipinski definition) is 4. The second-order valence-corrected chi connectivity index (χ2v) is 8.45. The topological polar surface area (TPSA) is 93.1 Å². The van der Waals surface area contributed by atoms with Crippen molar-refractivity contribution in [3.05, 3.63) is 97.1 Å². The van der Waals surface area contributed by atoms with Gasteiger partial charge in [0.1, 0.15) is 11.5 Å². The molecule has 0 atom stereocenters. The average molecular weight is 474 g/mol. The molecule has 0 radical (unpaired) electrons. The van der Waals surface area contributed by atoms with E-state index < -0.39 is 12.3 Å². The number of carbonyl (C=O) groups is 2. The molecule has 0 aliphatic rings. The predicted octanol–water partition coefficient (Wildman–Crippen LogP) is 8.08. The third kappa shape index (κ3) is 3.61. The maximum atomic E-state index is 11.7. The Morgan fingerprint density at radius 3 is 1.19 bits per heavy atom. The first-order valence-corrected chi connectivity index (χ1v) is 11.2. The molecule has 0 amide bonds. The van der Waals surface area contributed by atoms with Crippen LogP contribution in [0.5, 0.6) is 11.5 Å². The van der Waals surface area contributed by atoms with Gasteiger partial charge in [-0.15, -0.1) is 0 Å². The van der Waals surface area contributed by atoms with Crippen molar-refractivity contribution in [2.45, 2.75) is 0 Å². The Kier molecular flexibility index (Phi) is 4.93. The van der Waals surface area contributed by atoms with Crippen molar-refractivity contribution in [1.82, 2.24) is 0 Å². The zero-order valence-electron chi connectivity index (χ0n) is 18.8. The molecule has 2 N–H and O–H groups in total. The van der Waals surface area contributed by atoms with E-state index in [1.807, 2.05) is 72.8 Å². The summed E-state index contributed by atoms with van der Waals surface area (Å²) < 4.78 is 10.5. The lowest BCUT2D eigenvalue weighted by molar-refractivity contribution is 0.142.